The molecule has 0 atom stereocenters. The summed E-state index contributed by atoms with van der Waals surface area (Å²) in [6.07, 6.45) is 3.23. The summed E-state index contributed by atoms with van der Waals surface area (Å²) in [5, 5.41) is 6.27. The maximum atomic E-state index is 14.1. The van der Waals surface area contributed by atoms with Crippen LogP contribution in [0.3, 0.4) is 0 Å². The lowest BCUT2D eigenvalue weighted by atomic mass is 10.2. The van der Waals surface area contributed by atoms with E-state index in [1.54, 1.807) is 29.8 Å². The van der Waals surface area contributed by atoms with Gasteiger partial charge in [-0.15, -0.1) is 4.91 Å². The largest absolute Gasteiger partial charge is 0.338 e. The number of carbonyl (C=O) groups excluding carboxylic acids is 1. The molecule has 1 N–H and O–H groups in total. The minimum Gasteiger partial charge on any atom is -0.338 e. The Labute approximate surface area is 153 Å². The maximum absolute atomic E-state index is 14.1. The first kappa shape index (κ1) is 18.4. The van der Waals surface area contributed by atoms with Gasteiger partial charge in [0.05, 0.1) is 11.2 Å². The monoisotopic (exact) mass is 373 g/mol. The average Bonchev–Trinajstić information content (AvgIpc) is 3.02. The van der Waals surface area contributed by atoms with Crippen molar-refractivity contribution in [2.75, 3.05) is 19.0 Å². The Morgan fingerprint density at radius 2 is 2.11 bits per heavy atom. The highest BCUT2D eigenvalue weighted by Gasteiger charge is 2.15. The standard InChI is InChI=1S/C18H17F2N5O2/c1-11-7-12(19)8-14(20)17(11)23-18-13-4-6-25(15(13)3-5-21-18)9-16(26)24(2)10-22-27/h3-8H,9-10H2,1-2H3,(H,21,23). The van der Waals surface area contributed by atoms with Crippen LogP contribution in [0.15, 0.2) is 41.8 Å². The van der Waals surface area contributed by atoms with Crippen LogP contribution in [-0.4, -0.2) is 34.1 Å². The first-order valence-corrected chi connectivity index (χ1v) is 8.10. The number of halogens is 2. The molecule has 0 spiro atoms. The number of nitrogens with zero attached hydrogens (tertiary/aromatic N) is 4. The van der Waals surface area contributed by atoms with E-state index in [2.05, 4.69) is 15.5 Å². The van der Waals surface area contributed by atoms with Gasteiger partial charge in [0.2, 0.25) is 5.91 Å². The van der Waals surface area contributed by atoms with E-state index in [0.717, 1.165) is 6.07 Å². The Bertz CT molecular complexity index is 995. The fourth-order valence-corrected chi connectivity index (χ4v) is 2.77. The molecule has 0 radical (unpaired) electrons. The number of pyridine rings is 1. The van der Waals surface area contributed by atoms with Crippen molar-refractivity contribution in [2.24, 2.45) is 5.18 Å². The molecule has 2 heterocycles. The summed E-state index contributed by atoms with van der Waals surface area (Å²) >= 11 is 0. The number of likely N-dealkylation sites (N-methyl/N-ethyl adjacent to an activating group) is 1. The van der Waals surface area contributed by atoms with Gasteiger partial charge in [0.15, 0.2) is 6.67 Å². The molecule has 9 heteroatoms. The van der Waals surface area contributed by atoms with Crippen LogP contribution in [0.25, 0.3) is 10.9 Å². The van der Waals surface area contributed by atoms with Crippen molar-refractivity contribution in [1.29, 1.82) is 0 Å². The van der Waals surface area contributed by atoms with Gasteiger partial charge in [0.25, 0.3) is 0 Å². The second-order valence-electron chi connectivity index (χ2n) is 6.10. The third-order valence-corrected chi connectivity index (χ3v) is 4.19. The average molecular weight is 373 g/mol. The Balaban J connectivity index is 1.92. The quantitative estimate of drug-likeness (QED) is 0.670. The lowest BCUT2D eigenvalue weighted by Crippen LogP contribution is -2.29. The number of rotatable bonds is 6. The van der Waals surface area contributed by atoms with Crippen molar-refractivity contribution < 1.29 is 13.6 Å². The number of amides is 1. The van der Waals surface area contributed by atoms with Crippen LogP contribution in [0.2, 0.25) is 0 Å². The van der Waals surface area contributed by atoms with E-state index in [0.29, 0.717) is 22.3 Å². The Morgan fingerprint density at radius 3 is 2.81 bits per heavy atom. The lowest BCUT2D eigenvalue weighted by molar-refractivity contribution is -0.130. The Hall–Kier alpha value is -3.36. The molecule has 0 saturated heterocycles. The van der Waals surface area contributed by atoms with E-state index in [1.807, 2.05) is 0 Å². The van der Waals surface area contributed by atoms with Gasteiger partial charge in [-0.1, -0.05) is 0 Å². The van der Waals surface area contributed by atoms with Crippen LogP contribution in [-0.2, 0) is 11.3 Å². The maximum Gasteiger partial charge on any atom is 0.243 e. The van der Waals surface area contributed by atoms with Crippen molar-refractivity contribution >= 4 is 28.3 Å². The number of carbonyl (C=O) groups is 1. The van der Waals surface area contributed by atoms with Crippen molar-refractivity contribution in [3.63, 3.8) is 0 Å². The van der Waals surface area contributed by atoms with Crippen LogP contribution in [0, 0.1) is 23.5 Å². The summed E-state index contributed by atoms with van der Waals surface area (Å²) in [6, 6.07) is 5.49. The molecule has 0 bridgehead atoms. The van der Waals surface area contributed by atoms with Crippen LogP contribution in [0.1, 0.15) is 5.56 Å². The van der Waals surface area contributed by atoms with Crippen molar-refractivity contribution in [2.45, 2.75) is 13.5 Å². The summed E-state index contributed by atoms with van der Waals surface area (Å²) in [7, 11) is 1.49. The number of aryl methyl sites for hydroxylation is 1. The van der Waals surface area contributed by atoms with Crippen LogP contribution >= 0.6 is 0 Å². The van der Waals surface area contributed by atoms with Gasteiger partial charge < -0.3 is 14.8 Å². The second-order valence-corrected chi connectivity index (χ2v) is 6.10. The normalized spacial score (nSPS) is 10.8. The molecule has 0 aliphatic carbocycles. The molecule has 0 unspecified atom stereocenters. The molecular formula is C18H17F2N5O2. The molecule has 0 aliphatic rings. The summed E-state index contributed by atoms with van der Waals surface area (Å²) in [5.41, 5.74) is 1.24. The molecule has 27 heavy (non-hydrogen) atoms. The van der Waals surface area contributed by atoms with E-state index >= 15 is 0 Å². The third kappa shape index (κ3) is 3.76. The van der Waals surface area contributed by atoms with Gasteiger partial charge in [0.1, 0.15) is 24.0 Å². The summed E-state index contributed by atoms with van der Waals surface area (Å²) in [4.78, 5) is 27.9. The number of benzene rings is 1. The number of nitrogens with one attached hydrogen (secondary N) is 1. The highest BCUT2D eigenvalue weighted by molar-refractivity contribution is 5.93. The molecule has 0 aliphatic heterocycles. The minimum atomic E-state index is -0.719. The molecule has 3 rings (SSSR count). The van der Waals surface area contributed by atoms with E-state index in [9.17, 15) is 18.5 Å². The molecule has 2 aromatic heterocycles. The van der Waals surface area contributed by atoms with Crippen LogP contribution in [0.5, 0.6) is 0 Å². The number of nitroso groups, excluding NO2 is 1. The van der Waals surface area contributed by atoms with Crippen molar-refractivity contribution in [3.8, 4) is 0 Å². The number of hydrogen-bond acceptors (Lipinski definition) is 5. The molecule has 0 saturated carbocycles. The fraction of sp³-hybridized carbons (Fsp3) is 0.222. The first-order chi connectivity index (χ1) is 12.9. The molecule has 0 fully saturated rings. The predicted octanol–water partition coefficient (Wildman–Crippen LogP) is 3.55. The van der Waals surface area contributed by atoms with E-state index in [1.165, 1.54) is 24.2 Å². The second kappa shape index (κ2) is 7.48. The number of fused-ring (bicyclic) bond motifs is 1. The molecule has 3 aromatic rings. The Morgan fingerprint density at radius 1 is 1.33 bits per heavy atom. The van der Waals surface area contributed by atoms with Crippen LogP contribution < -0.4 is 5.32 Å². The summed E-state index contributed by atoms with van der Waals surface area (Å²) in [5.74, 6) is -1.27. The van der Waals surface area contributed by atoms with E-state index < -0.39 is 11.6 Å². The highest BCUT2D eigenvalue weighted by atomic mass is 19.1. The third-order valence-electron chi connectivity index (χ3n) is 4.19. The zero-order valence-corrected chi connectivity index (χ0v) is 14.7. The van der Waals surface area contributed by atoms with Gasteiger partial charge in [-0.2, -0.15) is 0 Å². The molecule has 1 amide bonds. The highest BCUT2D eigenvalue weighted by Crippen LogP contribution is 2.29. The lowest BCUT2D eigenvalue weighted by Gasteiger charge is -2.14. The number of aromatic nitrogens is 2. The zero-order valence-electron chi connectivity index (χ0n) is 14.7. The fourth-order valence-electron chi connectivity index (χ4n) is 2.77. The SMILES string of the molecule is Cc1cc(F)cc(F)c1Nc1nccc2c1ccn2CC(=O)N(C)CN=O. The molecule has 140 valence electrons. The topological polar surface area (TPSA) is 79.6 Å². The predicted molar refractivity (Wildman–Crippen MR) is 97.5 cm³/mol. The molecule has 1 aromatic carbocycles. The van der Waals surface area contributed by atoms with Gasteiger partial charge in [-0.3, -0.25) is 4.79 Å². The van der Waals surface area contributed by atoms with Gasteiger partial charge >= 0.3 is 0 Å². The van der Waals surface area contributed by atoms with Crippen molar-refractivity contribution in [3.05, 3.63) is 58.8 Å². The number of hydrogen-bond donors (Lipinski definition) is 1. The first-order valence-electron chi connectivity index (χ1n) is 8.10. The smallest absolute Gasteiger partial charge is 0.243 e. The molecular weight excluding hydrogens is 356 g/mol. The number of anilines is 2. The van der Waals surface area contributed by atoms with Gasteiger partial charge in [-0.25, -0.2) is 13.8 Å². The summed E-state index contributed by atoms with van der Waals surface area (Å²) < 4.78 is 29.1. The minimum absolute atomic E-state index is 0.0168. The molecule has 7 nitrogen and oxygen atoms in total. The van der Waals surface area contributed by atoms with Gasteiger partial charge in [0, 0.05) is 30.9 Å². The zero-order chi connectivity index (χ0) is 19.6. The van der Waals surface area contributed by atoms with E-state index in [4.69, 9.17) is 0 Å². The van der Waals surface area contributed by atoms with Crippen LogP contribution in [0.4, 0.5) is 20.3 Å². The van der Waals surface area contributed by atoms with E-state index in [-0.39, 0.29) is 24.8 Å². The van der Waals surface area contributed by atoms with Gasteiger partial charge in [-0.05, 0) is 35.9 Å². The Kier molecular flexibility index (Phi) is 5.11. The summed E-state index contributed by atoms with van der Waals surface area (Å²) in [6.45, 7) is 1.38. The van der Waals surface area contributed by atoms with Crippen molar-refractivity contribution in [1.82, 2.24) is 14.5 Å².